The second-order valence-corrected chi connectivity index (χ2v) is 7.45. The van der Waals surface area contributed by atoms with Gasteiger partial charge in [0.05, 0.1) is 17.0 Å². The van der Waals surface area contributed by atoms with E-state index in [4.69, 9.17) is 9.72 Å². The van der Waals surface area contributed by atoms with E-state index >= 15 is 0 Å². The highest BCUT2D eigenvalue weighted by atomic mass is 16.5. The van der Waals surface area contributed by atoms with Crippen LogP contribution < -0.4 is 11.0 Å². The van der Waals surface area contributed by atoms with Gasteiger partial charge in [-0.2, -0.15) is 0 Å². The van der Waals surface area contributed by atoms with Gasteiger partial charge in [-0.3, -0.25) is 15.0 Å². The number of amides is 1. The lowest BCUT2D eigenvalue weighted by atomic mass is 9.84. The van der Waals surface area contributed by atoms with Crippen LogP contribution in [0.2, 0.25) is 0 Å². The van der Waals surface area contributed by atoms with Gasteiger partial charge in [0.15, 0.2) is 0 Å². The highest BCUT2D eigenvalue weighted by Crippen LogP contribution is 2.35. The molecule has 2 aliphatic carbocycles. The largest absolute Gasteiger partial charge is 0.381 e. The number of rotatable bonds is 4. The lowest BCUT2D eigenvalue weighted by Gasteiger charge is -2.30. The summed E-state index contributed by atoms with van der Waals surface area (Å²) in [5.74, 6) is 0.700. The summed E-state index contributed by atoms with van der Waals surface area (Å²) in [4.78, 5) is 30.6. The first-order valence-corrected chi connectivity index (χ1v) is 9.52. The minimum absolute atomic E-state index is 0.105. The van der Waals surface area contributed by atoms with Crippen molar-refractivity contribution in [1.82, 2.24) is 9.66 Å². The number of nitrogens with zero attached hydrogens (tertiary/aromatic N) is 2. The van der Waals surface area contributed by atoms with Crippen molar-refractivity contribution in [3.05, 3.63) is 40.4 Å². The number of carbonyl (C=O) groups excluding carboxylic acids is 1. The molecule has 0 bridgehead atoms. The molecule has 2 fully saturated rings. The third kappa shape index (κ3) is 3.14. The lowest BCUT2D eigenvalue weighted by Crippen LogP contribution is -2.42. The molecule has 2 unspecified atom stereocenters. The Morgan fingerprint density at radius 3 is 2.69 bits per heavy atom. The Labute approximate surface area is 152 Å². The average molecular weight is 355 g/mol. The van der Waals surface area contributed by atoms with Gasteiger partial charge < -0.3 is 4.74 Å². The highest BCUT2D eigenvalue weighted by molar-refractivity contribution is 5.87. The Balaban J connectivity index is 1.67. The molecule has 0 saturated heterocycles. The summed E-state index contributed by atoms with van der Waals surface area (Å²) >= 11 is 0. The standard InChI is InChI=1S/C20H25N3O3/c1-26-15-9-5-8-14(12-15)19(24)22-23-18(13-6-4-7-13)21-17-11-3-2-10-16(17)20(23)25/h2-3,10-11,13-15H,4-9,12H2,1H3,(H,22,24). The number of ether oxygens (including phenoxy) is 1. The Morgan fingerprint density at radius 1 is 1.19 bits per heavy atom. The summed E-state index contributed by atoms with van der Waals surface area (Å²) in [6, 6.07) is 7.33. The quantitative estimate of drug-likeness (QED) is 0.915. The summed E-state index contributed by atoms with van der Waals surface area (Å²) in [5, 5.41) is 0.536. The van der Waals surface area contributed by atoms with Crippen molar-refractivity contribution in [2.24, 2.45) is 5.92 Å². The monoisotopic (exact) mass is 355 g/mol. The van der Waals surface area contributed by atoms with E-state index in [1.165, 1.54) is 4.68 Å². The zero-order chi connectivity index (χ0) is 18.1. The number of hydrogen-bond donors (Lipinski definition) is 1. The number of para-hydroxylation sites is 1. The summed E-state index contributed by atoms with van der Waals surface area (Å²) in [7, 11) is 1.69. The number of hydrogen-bond acceptors (Lipinski definition) is 4. The summed E-state index contributed by atoms with van der Waals surface area (Å²) < 4.78 is 6.84. The van der Waals surface area contributed by atoms with Crippen molar-refractivity contribution in [2.75, 3.05) is 12.5 Å². The predicted molar refractivity (Wildman–Crippen MR) is 99.7 cm³/mol. The summed E-state index contributed by atoms with van der Waals surface area (Å²) in [6.07, 6.45) is 6.78. The maximum atomic E-state index is 13.0. The van der Waals surface area contributed by atoms with Crippen molar-refractivity contribution < 1.29 is 9.53 Å². The van der Waals surface area contributed by atoms with Crippen molar-refractivity contribution >= 4 is 16.8 Å². The van der Waals surface area contributed by atoms with Crippen LogP contribution in [0.25, 0.3) is 10.9 Å². The molecule has 2 atom stereocenters. The minimum atomic E-state index is -0.190. The maximum absolute atomic E-state index is 13.0. The number of fused-ring (bicyclic) bond motifs is 1. The SMILES string of the molecule is COC1CCCC(C(=O)Nn2c(C3CCC3)nc3ccccc3c2=O)C1. The smallest absolute Gasteiger partial charge is 0.280 e. The van der Waals surface area contributed by atoms with Gasteiger partial charge >= 0.3 is 0 Å². The predicted octanol–water partition coefficient (Wildman–Crippen LogP) is 2.94. The van der Waals surface area contributed by atoms with E-state index in [1.54, 1.807) is 13.2 Å². The molecule has 26 heavy (non-hydrogen) atoms. The number of benzene rings is 1. The lowest BCUT2D eigenvalue weighted by molar-refractivity contribution is -0.123. The van der Waals surface area contributed by atoms with Crippen molar-refractivity contribution in [1.29, 1.82) is 0 Å². The van der Waals surface area contributed by atoms with E-state index in [2.05, 4.69) is 5.43 Å². The molecule has 138 valence electrons. The molecule has 1 N–H and O–H groups in total. The summed E-state index contributed by atoms with van der Waals surface area (Å²) in [5.41, 5.74) is 3.39. The third-order valence-corrected chi connectivity index (χ3v) is 5.82. The van der Waals surface area contributed by atoms with Crippen LogP contribution in [0.15, 0.2) is 29.1 Å². The fraction of sp³-hybridized carbons (Fsp3) is 0.550. The van der Waals surface area contributed by atoms with Crippen LogP contribution in [-0.2, 0) is 9.53 Å². The molecule has 1 aromatic heterocycles. The molecule has 2 aliphatic rings. The molecule has 1 amide bonds. The van der Waals surface area contributed by atoms with Crippen molar-refractivity contribution in [3.8, 4) is 0 Å². The molecule has 2 aromatic rings. The number of aromatic nitrogens is 2. The molecule has 0 radical (unpaired) electrons. The van der Waals surface area contributed by atoms with Crippen LogP contribution in [0, 0.1) is 5.92 Å². The van der Waals surface area contributed by atoms with Crippen molar-refractivity contribution in [3.63, 3.8) is 0 Å². The van der Waals surface area contributed by atoms with Crippen molar-refractivity contribution in [2.45, 2.75) is 57.0 Å². The first kappa shape index (κ1) is 17.2. The number of carbonyl (C=O) groups is 1. The van der Waals surface area contributed by atoms with E-state index in [-0.39, 0.29) is 29.4 Å². The molecule has 6 nitrogen and oxygen atoms in total. The Bertz CT molecular complexity index is 872. The molecular formula is C20H25N3O3. The van der Waals surface area contributed by atoms with Crippen LogP contribution >= 0.6 is 0 Å². The Morgan fingerprint density at radius 2 is 1.96 bits per heavy atom. The van der Waals surface area contributed by atoms with E-state index in [9.17, 15) is 9.59 Å². The third-order valence-electron chi connectivity index (χ3n) is 5.82. The molecule has 4 rings (SSSR count). The first-order chi connectivity index (χ1) is 12.7. The molecule has 1 aromatic carbocycles. The maximum Gasteiger partial charge on any atom is 0.280 e. The van der Waals surface area contributed by atoms with Gasteiger partial charge in [-0.1, -0.05) is 25.0 Å². The van der Waals surface area contributed by atoms with Gasteiger partial charge in [-0.05, 0) is 44.2 Å². The van der Waals surface area contributed by atoms with Crippen LogP contribution in [0.3, 0.4) is 0 Å². The van der Waals surface area contributed by atoms with Gasteiger partial charge in [-0.25, -0.2) is 9.66 Å². The van der Waals surface area contributed by atoms with E-state index in [0.29, 0.717) is 23.1 Å². The van der Waals surface area contributed by atoms with Crippen LogP contribution in [-0.4, -0.2) is 28.8 Å². The second kappa shape index (κ2) is 7.19. The minimum Gasteiger partial charge on any atom is -0.381 e. The zero-order valence-corrected chi connectivity index (χ0v) is 15.1. The topological polar surface area (TPSA) is 73.2 Å². The fourth-order valence-electron chi connectivity index (χ4n) is 4.00. The highest BCUT2D eigenvalue weighted by Gasteiger charge is 2.30. The van der Waals surface area contributed by atoms with Gasteiger partial charge in [0.1, 0.15) is 5.82 Å². The molecule has 0 spiro atoms. The first-order valence-electron chi connectivity index (χ1n) is 9.52. The second-order valence-electron chi connectivity index (χ2n) is 7.45. The molecule has 2 saturated carbocycles. The van der Waals surface area contributed by atoms with Crippen LogP contribution in [0.5, 0.6) is 0 Å². The number of nitrogens with one attached hydrogen (secondary N) is 1. The number of methoxy groups -OCH3 is 1. The fourth-order valence-corrected chi connectivity index (χ4v) is 4.00. The molecule has 6 heteroatoms. The molecular weight excluding hydrogens is 330 g/mol. The van der Waals surface area contributed by atoms with Gasteiger partial charge in [0.25, 0.3) is 5.56 Å². The normalized spacial score (nSPS) is 23.6. The molecule has 1 heterocycles. The van der Waals surface area contributed by atoms with Gasteiger partial charge in [-0.15, -0.1) is 0 Å². The summed E-state index contributed by atoms with van der Waals surface area (Å²) in [6.45, 7) is 0. The van der Waals surface area contributed by atoms with E-state index < -0.39 is 0 Å². The zero-order valence-electron chi connectivity index (χ0n) is 15.1. The Hall–Kier alpha value is -2.21. The van der Waals surface area contributed by atoms with Crippen LogP contribution in [0.1, 0.15) is 56.7 Å². The van der Waals surface area contributed by atoms with E-state index in [1.807, 2.05) is 18.2 Å². The molecule has 0 aliphatic heterocycles. The average Bonchev–Trinajstić information content (AvgIpc) is 2.63. The van der Waals surface area contributed by atoms with Gasteiger partial charge in [0.2, 0.25) is 5.91 Å². The van der Waals surface area contributed by atoms with E-state index in [0.717, 1.165) is 38.5 Å². The van der Waals surface area contributed by atoms with Gasteiger partial charge in [0, 0.05) is 18.9 Å². The van der Waals surface area contributed by atoms with Crippen LogP contribution in [0.4, 0.5) is 0 Å². The Kier molecular flexibility index (Phi) is 4.76.